The van der Waals surface area contributed by atoms with Gasteiger partial charge in [-0.25, -0.2) is 0 Å². The molecule has 134 valence electrons. The Balaban J connectivity index is 5.65. The van der Waals surface area contributed by atoms with Crippen LogP contribution in [0, 0.1) is 0 Å². The molecule has 0 aromatic heterocycles. The Morgan fingerprint density at radius 2 is 0.773 bits per heavy atom. The predicted octanol–water partition coefficient (Wildman–Crippen LogP) is 5.75. The van der Waals surface area contributed by atoms with Crippen molar-refractivity contribution in [2.45, 2.75) is 84.1 Å². The fourth-order valence-electron chi connectivity index (χ4n) is 1.60. The van der Waals surface area contributed by atoms with E-state index in [0.29, 0.717) is 0 Å². The largest absolute Gasteiger partial charge is 0.356 e. The molecule has 0 aliphatic rings. The van der Waals surface area contributed by atoms with Gasteiger partial charge in [-0.1, -0.05) is 15.9 Å². The maximum Gasteiger partial charge on any atom is 0.356 e. The van der Waals surface area contributed by atoms with Crippen LogP contribution in [-0.2, 0) is 27.2 Å². The highest BCUT2D eigenvalue weighted by molar-refractivity contribution is 9.12. The van der Waals surface area contributed by atoms with Crippen molar-refractivity contribution >= 4 is 31.1 Å². The molecule has 0 bridgehead atoms. The third-order valence-electron chi connectivity index (χ3n) is 1.95. The second-order valence-electron chi connectivity index (χ2n) is 6.01. The summed E-state index contributed by atoms with van der Waals surface area (Å²) in [6, 6.07) is 0. The van der Waals surface area contributed by atoms with Crippen LogP contribution >= 0.6 is 31.1 Å². The van der Waals surface area contributed by atoms with Crippen LogP contribution in [0.1, 0.15) is 55.4 Å². The molecule has 0 atom stereocenters. The summed E-state index contributed by atoms with van der Waals surface area (Å²) in [5.74, 6) is 0. The average Bonchev–Trinajstić information content (AvgIpc) is 2.22. The van der Waals surface area contributed by atoms with E-state index in [2.05, 4.69) is 15.9 Å². The lowest BCUT2D eigenvalue weighted by Crippen LogP contribution is -2.19. The van der Waals surface area contributed by atoms with Gasteiger partial charge in [-0.2, -0.15) is 0 Å². The summed E-state index contributed by atoms with van der Waals surface area (Å²) in [5, 5.41) is 0. The first kappa shape index (κ1) is 22.8. The lowest BCUT2D eigenvalue weighted by Gasteiger charge is -2.32. The van der Waals surface area contributed by atoms with Gasteiger partial charge in [0.05, 0.1) is 24.4 Å². The lowest BCUT2D eigenvalue weighted by molar-refractivity contribution is 0.129. The highest BCUT2D eigenvalue weighted by atomic mass is 79.9. The SMILES string of the molecule is CC(C)OP(=O)(OC(C)C)C(Br)P(=O)(OC(C)C)OC(C)C. The van der Waals surface area contributed by atoms with Crippen LogP contribution in [-0.4, -0.2) is 28.7 Å². The molecule has 0 aliphatic heterocycles. The standard InChI is InChI=1S/C13H29BrO6P2/c1-9(2)17-21(15,18-10(3)4)13(14)22(16,19-11(5)6)20-12(7)8/h9-13H,1-8H3. The summed E-state index contributed by atoms with van der Waals surface area (Å²) < 4.78 is 46.9. The van der Waals surface area contributed by atoms with E-state index in [1.807, 2.05) is 0 Å². The second-order valence-corrected chi connectivity index (χ2v) is 12.8. The minimum Gasteiger partial charge on any atom is -0.305 e. The molecule has 22 heavy (non-hydrogen) atoms. The Hall–Kier alpha value is 0.780. The van der Waals surface area contributed by atoms with Gasteiger partial charge in [0.15, 0.2) is 0 Å². The number of rotatable bonds is 10. The number of halogens is 1. The van der Waals surface area contributed by atoms with Crippen LogP contribution in [0.15, 0.2) is 0 Å². The van der Waals surface area contributed by atoms with Crippen molar-refractivity contribution in [3.8, 4) is 0 Å². The zero-order valence-corrected chi connectivity index (χ0v) is 18.0. The number of hydrogen-bond donors (Lipinski definition) is 0. The molecule has 0 N–H and O–H groups in total. The van der Waals surface area contributed by atoms with E-state index in [4.69, 9.17) is 18.1 Å². The second kappa shape index (κ2) is 9.31. The van der Waals surface area contributed by atoms with Crippen LogP contribution in [0.2, 0.25) is 0 Å². The van der Waals surface area contributed by atoms with Gasteiger partial charge in [0.25, 0.3) is 0 Å². The van der Waals surface area contributed by atoms with Crippen molar-refractivity contribution in [3.05, 3.63) is 0 Å². The summed E-state index contributed by atoms with van der Waals surface area (Å²) >= 11 is 3.21. The first-order chi connectivity index (χ1) is 9.82. The third-order valence-corrected chi connectivity index (χ3v) is 10.6. The monoisotopic (exact) mass is 422 g/mol. The Morgan fingerprint density at radius 1 is 0.591 bits per heavy atom. The van der Waals surface area contributed by atoms with Gasteiger partial charge in [0.2, 0.25) is 4.31 Å². The maximum absolute atomic E-state index is 13.1. The van der Waals surface area contributed by atoms with Crippen LogP contribution in [0.25, 0.3) is 0 Å². The van der Waals surface area contributed by atoms with E-state index in [1.54, 1.807) is 55.4 Å². The maximum atomic E-state index is 13.1. The van der Waals surface area contributed by atoms with E-state index in [-0.39, 0.29) is 24.4 Å². The van der Waals surface area contributed by atoms with Crippen molar-refractivity contribution in [3.63, 3.8) is 0 Å². The average molecular weight is 423 g/mol. The highest BCUT2D eigenvalue weighted by Crippen LogP contribution is 2.74. The summed E-state index contributed by atoms with van der Waals surface area (Å²) in [6.07, 6.45) is -1.46. The van der Waals surface area contributed by atoms with Gasteiger partial charge in [0.1, 0.15) is 0 Å². The molecule has 0 amide bonds. The van der Waals surface area contributed by atoms with Gasteiger partial charge in [-0.3, -0.25) is 9.13 Å². The first-order valence-corrected chi connectivity index (χ1v) is 11.5. The van der Waals surface area contributed by atoms with E-state index >= 15 is 0 Å². The Kier molecular flexibility index (Phi) is 9.64. The van der Waals surface area contributed by atoms with Gasteiger partial charge >= 0.3 is 15.2 Å². The predicted molar refractivity (Wildman–Crippen MR) is 92.8 cm³/mol. The van der Waals surface area contributed by atoms with Crippen molar-refractivity contribution in [1.82, 2.24) is 0 Å². The molecule has 0 heterocycles. The molecule has 0 unspecified atom stereocenters. The molecular formula is C13H29BrO6P2. The number of alkyl halides is 1. The van der Waals surface area contributed by atoms with Gasteiger partial charge in [-0.05, 0) is 55.4 Å². The molecule has 0 aliphatic carbocycles. The van der Waals surface area contributed by atoms with E-state index in [9.17, 15) is 9.13 Å². The topological polar surface area (TPSA) is 71.1 Å². The Bertz CT molecular complexity index is 359. The quantitative estimate of drug-likeness (QED) is 0.329. The van der Waals surface area contributed by atoms with Crippen molar-refractivity contribution in [2.75, 3.05) is 0 Å². The van der Waals surface area contributed by atoms with Crippen LogP contribution in [0.5, 0.6) is 0 Å². The Morgan fingerprint density at radius 3 is 0.909 bits per heavy atom. The molecule has 0 aromatic rings. The minimum atomic E-state index is -3.75. The number of hydrogen-bond acceptors (Lipinski definition) is 6. The van der Waals surface area contributed by atoms with Gasteiger partial charge in [-0.15, -0.1) is 0 Å². The summed E-state index contributed by atoms with van der Waals surface area (Å²) in [7, 11) is -7.51. The van der Waals surface area contributed by atoms with Crippen LogP contribution in [0.4, 0.5) is 0 Å². The van der Waals surface area contributed by atoms with Crippen molar-refractivity contribution in [2.24, 2.45) is 0 Å². The molecule has 0 saturated carbocycles. The van der Waals surface area contributed by atoms with Crippen LogP contribution < -0.4 is 0 Å². The smallest absolute Gasteiger partial charge is 0.305 e. The molecule has 0 spiro atoms. The molecule has 0 fully saturated rings. The summed E-state index contributed by atoms with van der Waals surface area (Å²) in [5.41, 5.74) is 0. The highest BCUT2D eigenvalue weighted by Gasteiger charge is 2.51. The zero-order valence-electron chi connectivity index (χ0n) is 14.6. The third kappa shape index (κ3) is 7.57. The fraction of sp³-hybridized carbons (Fsp3) is 1.00. The Labute approximate surface area is 142 Å². The van der Waals surface area contributed by atoms with Crippen molar-refractivity contribution in [1.29, 1.82) is 0 Å². The summed E-state index contributed by atoms with van der Waals surface area (Å²) in [4.78, 5) is 0. The normalized spacial score (nSPS) is 14.1. The molecule has 9 heteroatoms. The van der Waals surface area contributed by atoms with Gasteiger partial charge < -0.3 is 18.1 Å². The van der Waals surface area contributed by atoms with E-state index in [0.717, 1.165) is 0 Å². The first-order valence-electron chi connectivity index (χ1n) is 7.39. The zero-order chi connectivity index (χ0) is 17.7. The molecule has 0 rings (SSSR count). The summed E-state index contributed by atoms with van der Waals surface area (Å²) in [6.45, 7) is 13.8. The molecule has 0 aromatic carbocycles. The van der Waals surface area contributed by atoms with Gasteiger partial charge in [0, 0.05) is 0 Å². The van der Waals surface area contributed by atoms with E-state index < -0.39 is 19.5 Å². The molecule has 0 radical (unpaired) electrons. The molecule has 6 nitrogen and oxygen atoms in total. The fourth-order valence-corrected chi connectivity index (χ4v) is 7.65. The van der Waals surface area contributed by atoms with Crippen LogP contribution in [0.3, 0.4) is 0 Å². The lowest BCUT2D eigenvalue weighted by atomic mass is 10.5. The van der Waals surface area contributed by atoms with Crippen molar-refractivity contribution < 1.29 is 27.2 Å². The molecular weight excluding hydrogens is 394 g/mol. The van der Waals surface area contributed by atoms with E-state index in [1.165, 1.54) is 0 Å². The molecule has 0 saturated heterocycles. The minimum absolute atomic E-state index is 0.365.